The SMILES string of the molecule is C#Cc1ccc(C)c2c1NC(O)C=C2. The molecule has 70 valence electrons. The molecule has 2 rings (SSSR count). The molecule has 0 saturated heterocycles. The summed E-state index contributed by atoms with van der Waals surface area (Å²) in [5.41, 5.74) is 3.84. The number of hydrogen-bond donors (Lipinski definition) is 2. The maximum atomic E-state index is 9.40. The molecule has 2 heteroatoms. The molecule has 1 aliphatic rings. The van der Waals surface area contributed by atoms with Gasteiger partial charge in [-0.05, 0) is 24.6 Å². The molecular weight excluding hydrogens is 174 g/mol. The van der Waals surface area contributed by atoms with Crippen LogP contribution in [0.15, 0.2) is 18.2 Å². The van der Waals surface area contributed by atoms with Crippen LogP contribution in [-0.2, 0) is 0 Å². The molecule has 1 aliphatic heterocycles. The first-order valence-electron chi connectivity index (χ1n) is 4.45. The second kappa shape index (κ2) is 3.21. The lowest BCUT2D eigenvalue weighted by Crippen LogP contribution is -2.20. The Bertz CT molecular complexity index is 440. The van der Waals surface area contributed by atoms with Crippen molar-refractivity contribution in [3.8, 4) is 12.3 Å². The lowest BCUT2D eigenvalue weighted by molar-refractivity contribution is 0.252. The molecule has 0 aromatic heterocycles. The fourth-order valence-electron chi connectivity index (χ4n) is 1.60. The van der Waals surface area contributed by atoms with Crippen molar-refractivity contribution in [1.29, 1.82) is 0 Å². The molecule has 0 saturated carbocycles. The Hall–Kier alpha value is -1.72. The van der Waals surface area contributed by atoms with Gasteiger partial charge in [-0.3, -0.25) is 0 Å². The van der Waals surface area contributed by atoms with Crippen molar-refractivity contribution in [3.05, 3.63) is 34.9 Å². The number of anilines is 1. The Balaban J connectivity index is 2.65. The van der Waals surface area contributed by atoms with E-state index in [0.29, 0.717) is 0 Å². The number of benzene rings is 1. The van der Waals surface area contributed by atoms with Crippen molar-refractivity contribution in [2.24, 2.45) is 0 Å². The molecule has 0 radical (unpaired) electrons. The maximum absolute atomic E-state index is 9.40. The van der Waals surface area contributed by atoms with Gasteiger partial charge in [0.05, 0.1) is 5.69 Å². The topological polar surface area (TPSA) is 32.3 Å². The lowest BCUT2D eigenvalue weighted by atomic mass is 9.99. The van der Waals surface area contributed by atoms with E-state index in [9.17, 15) is 5.11 Å². The summed E-state index contributed by atoms with van der Waals surface area (Å²) in [6, 6.07) is 3.87. The zero-order valence-electron chi connectivity index (χ0n) is 7.91. The van der Waals surface area contributed by atoms with E-state index in [1.165, 1.54) is 0 Å². The van der Waals surface area contributed by atoms with Crippen molar-refractivity contribution in [3.63, 3.8) is 0 Å². The minimum Gasteiger partial charge on any atom is -0.370 e. The van der Waals surface area contributed by atoms with Gasteiger partial charge < -0.3 is 10.4 Å². The van der Waals surface area contributed by atoms with Gasteiger partial charge in [0, 0.05) is 11.1 Å². The van der Waals surface area contributed by atoms with Gasteiger partial charge in [-0.1, -0.05) is 18.1 Å². The highest BCUT2D eigenvalue weighted by atomic mass is 16.3. The molecule has 14 heavy (non-hydrogen) atoms. The third-order valence-electron chi connectivity index (χ3n) is 2.36. The number of aryl methyl sites for hydroxylation is 1. The number of hydrogen-bond acceptors (Lipinski definition) is 2. The Kier molecular flexibility index (Phi) is 2.03. The molecule has 0 aliphatic carbocycles. The molecule has 2 nitrogen and oxygen atoms in total. The highest BCUT2D eigenvalue weighted by Gasteiger charge is 2.14. The number of nitrogens with one attached hydrogen (secondary N) is 1. The van der Waals surface area contributed by atoms with Gasteiger partial charge in [0.1, 0.15) is 6.23 Å². The Morgan fingerprint density at radius 2 is 2.29 bits per heavy atom. The van der Waals surface area contributed by atoms with E-state index in [4.69, 9.17) is 6.42 Å². The highest BCUT2D eigenvalue weighted by Crippen LogP contribution is 2.28. The molecule has 0 fully saturated rings. The van der Waals surface area contributed by atoms with Crippen LogP contribution in [-0.4, -0.2) is 11.3 Å². The number of terminal acetylenes is 1. The van der Waals surface area contributed by atoms with Crippen LogP contribution in [0, 0.1) is 19.3 Å². The van der Waals surface area contributed by atoms with Crippen LogP contribution in [0.3, 0.4) is 0 Å². The standard InChI is InChI=1S/C12H11NO/c1-3-9-5-4-8(2)10-6-7-11(14)13-12(9)10/h1,4-7,11,13-14H,2H3. The zero-order chi connectivity index (χ0) is 10.1. The number of aliphatic hydroxyl groups excluding tert-OH is 1. The van der Waals surface area contributed by atoms with Gasteiger partial charge >= 0.3 is 0 Å². The molecule has 1 atom stereocenters. The predicted molar refractivity (Wildman–Crippen MR) is 57.8 cm³/mol. The van der Waals surface area contributed by atoms with Gasteiger partial charge in [0.15, 0.2) is 0 Å². The summed E-state index contributed by atoms with van der Waals surface area (Å²) in [6.07, 6.45) is 8.33. The number of rotatable bonds is 0. The molecule has 1 aromatic rings. The summed E-state index contributed by atoms with van der Waals surface area (Å²) >= 11 is 0. The number of aliphatic hydroxyl groups is 1. The molecule has 1 heterocycles. The molecule has 1 aromatic carbocycles. The first kappa shape index (κ1) is 8.86. The highest BCUT2D eigenvalue weighted by molar-refractivity contribution is 5.78. The molecule has 0 amide bonds. The van der Waals surface area contributed by atoms with E-state index >= 15 is 0 Å². The summed E-state index contributed by atoms with van der Waals surface area (Å²) in [4.78, 5) is 0. The van der Waals surface area contributed by atoms with E-state index in [-0.39, 0.29) is 0 Å². The van der Waals surface area contributed by atoms with Crippen LogP contribution in [0.4, 0.5) is 5.69 Å². The van der Waals surface area contributed by atoms with E-state index in [1.807, 2.05) is 25.1 Å². The van der Waals surface area contributed by atoms with Gasteiger partial charge in [-0.25, -0.2) is 0 Å². The fraction of sp³-hybridized carbons (Fsp3) is 0.167. The Labute approximate surface area is 83.3 Å². The Morgan fingerprint density at radius 1 is 1.50 bits per heavy atom. The van der Waals surface area contributed by atoms with Gasteiger partial charge in [0.2, 0.25) is 0 Å². The predicted octanol–water partition coefficient (Wildman–Crippen LogP) is 1.73. The van der Waals surface area contributed by atoms with Gasteiger partial charge in [0.25, 0.3) is 0 Å². The van der Waals surface area contributed by atoms with Crippen LogP contribution in [0.1, 0.15) is 16.7 Å². The first-order valence-corrected chi connectivity index (χ1v) is 4.45. The molecule has 2 N–H and O–H groups in total. The van der Waals surface area contributed by atoms with Crippen LogP contribution in [0.5, 0.6) is 0 Å². The van der Waals surface area contributed by atoms with E-state index in [2.05, 4.69) is 11.2 Å². The third-order valence-corrected chi connectivity index (χ3v) is 2.36. The molecule has 0 bridgehead atoms. The summed E-state index contributed by atoms with van der Waals surface area (Å²) < 4.78 is 0. The molecule has 0 spiro atoms. The van der Waals surface area contributed by atoms with Crippen molar-refractivity contribution in [2.75, 3.05) is 5.32 Å². The second-order valence-electron chi connectivity index (χ2n) is 3.31. The minimum atomic E-state index is -0.642. The van der Waals surface area contributed by atoms with Gasteiger partial charge in [-0.15, -0.1) is 6.42 Å². The number of fused-ring (bicyclic) bond motifs is 1. The van der Waals surface area contributed by atoms with Crippen molar-refractivity contribution in [1.82, 2.24) is 0 Å². The summed E-state index contributed by atoms with van der Waals surface area (Å²) in [5, 5.41) is 12.3. The van der Waals surface area contributed by atoms with Crippen molar-refractivity contribution >= 4 is 11.8 Å². The summed E-state index contributed by atoms with van der Waals surface area (Å²) in [5.74, 6) is 2.60. The lowest BCUT2D eigenvalue weighted by Gasteiger charge is -2.20. The maximum Gasteiger partial charge on any atom is 0.144 e. The average Bonchev–Trinajstić information content (AvgIpc) is 2.18. The summed E-state index contributed by atoms with van der Waals surface area (Å²) in [6.45, 7) is 2.02. The van der Waals surface area contributed by atoms with Crippen molar-refractivity contribution in [2.45, 2.75) is 13.2 Å². The average molecular weight is 185 g/mol. The van der Waals surface area contributed by atoms with Crippen LogP contribution < -0.4 is 5.32 Å². The first-order chi connectivity index (χ1) is 6.72. The second-order valence-corrected chi connectivity index (χ2v) is 3.31. The summed E-state index contributed by atoms with van der Waals surface area (Å²) in [7, 11) is 0. The van der Waals surface area contributed by atoms with Crippen molar-refractivity contribution < 1.29 is 5.11 Å². The normalized spacial score (nSPS) is 18.2. The fourth-order valence-corrected chi connectivity index (χ4v) is 1.60. The monoisotopic (exact) mass is 185 g/mol. The molecular formula is C12H11NO. The van der Waals surface area contributed by atoms with Crippen LogP contribution >= 0.6 is 0 Å². The molecule has 1 unspecified atom stereocenters. The third kappa shape index (κ3) is 1.28. The Morgan fingerprint density at radius 3 is 3.00 bits per heavy atom. The van der Waals surface area contributed by atoms with E-state index < -0.39 is 6.23 Å². The largest absolute Gasteiger partial charge is 0.370 e. The van der Waals surface area contributed by atoms with Gasteiger partial charge in [-0.2, -0.15) is 0 Å². The smallest absolute Gasteiger partial charge is 0.144 e. The zero-order valence-corrected chi connectivity index (χ0v) is 7.91. The minimum absolute atomic E-state index is 0.642. The van der Waals surface area contributed by atoms with Crippen LogP contribution in [0.25, 0.3) is 6.08 Å². The van der Waals surface area contributed by atoms with E-state index in [0.717, 1.165) is 22.4 Å². The van der Waals surface area contributed by atoms with Crippen LogP contribution in [0.2, 0.25) is 0 Å². The van der Waals surface area contributed by atoms with E-state index in [1.54, 1.807) is 6.08 Å². The quantitative estimate of drug-likeness (QED) is 0.603.